The van der Waals surface area contributed by atoms with E-state index >= 15 is 0 Å². The molecule has 3 nitrogen and oxygen atoms in total. The first-order valence-electron chi connectivity index (χ1n) is 6.04. The average molecular weight is 259 g/mol. The van der Waals surface area contributed by atoms with Crippen molar-refractivity contribution in [3.05, 3.63) is 47.9 Å². The number of hydrogen-bond acceptors (Lipinski definition) is 3. The van der Waals surface area contributed by atoms with Gasteiger partial charge in [0, 0.05) is 12.4 Å². The van der Waals surface area contributed by atoms with Crippen molar-refractivity contribution in [1.82, 2.24) is 9.97 Å². The van der Waals surface area contributed by atoms with E-state index in [-0.39, 0.29) is 5.82 Å². The fourth-order valence-corrected chi connectivity index (χ4v) is 2.01. The van der Waals surface area contributed by atoms with E-state index in [0.717, 1.165) is 5.56 Å². The maximum atomic E-state index is 13.8. The molecule has 1 aromatic heterocycles. The summed E-state index contributed by atoms with van der Waals surface area (Å²) >= 11 is 0. The Labute approximate surface area is 112 Å². The lowest BCUT2D eigenvalue weighted by molar-refractivity contribution is 0.410. The summed E-state index contributed by atoms with van der Waals surface area (Å²) in [5, 5.41) is 0. The molecular weight excluding hydrogens is 243 g/mol. The van der Waals surface area contributed by atoms with Gasteiger partial charge in [-0.2, -0.15) is 0 Å². The molecule has 0 unspecified atom stereocenters. The summed E-state index contributed by atoms with van der Waals surface area (Å²) in [5.41, 5.74) is 1.39. The molecule has 2 rings (SSSR count). The highest BCUT2D eigenvalue weighted by Gasteiger charge is 2.16. The number of nitrogens with zero attached hydrogens (tertiary/aromatic N) is 2. The van der Waals surface area contributed by atoms with Crippen LogP contribution in [0.2, 0.25) is 0 Å². The van der Waals surface area contributed by atoms with Crippen LogP contribution < -0.4 is 4.74 Å². The van der Waals surface area contributed by atoms with Crippen molar-refractivity contribution in [2.45, 2.75) is 20.3 Å². The van der Waals surface area contributed by atoms with Gasteiger partial charge >= 0.3 is 0 Å². The standard InChI is InChI=1S/C15H16FN2O/c1-10(2)7-11-8-12(16)9-13(14(11)19-3)15-17-5-4-6-18-15/h4-6,8-9H,7H2,1-3H3. The second kappa shape index (κ2) is 5.78. The summed E-state index contributed by atoms with van der Waals surface area (Å²) in [7, 11) is 1.58. The number of aromatic nitrogens is 2. The second-order valence-electron chi connectivity index (χ2n) is 4.60. The first-order chi connectivity index (χ1) is 9.11. The predicted octanol–water partition coefficient (Wildman–Crippen LogP) is 3.45. The maximum Gasteiger partial charge on any atom is 0.162 e. The molecule has 0 aliphatic carbocycles. The van der Waals surface area contributed by atoms with Crippen molar-refractivity contribution in [2.75, 3.05) is 7.11 Å². The molecule has 0 saturated carbocycles. The molecule has 0 atom stereocenters. The number of rotatable bonds is 4. The van der Waals surface area contributed by atoms with E-state index in [1.807, 2.05) is 13.8 Å². The van der Waals surface area contributed by atoms with E-state index in [9.17, 15) is 4.39 Å². The van der Waals surface area contributed by atoms with Crippen molar-refractivity contribution in [1.29, 1.82) is 0 Å². The van der Waals surface area contributed by atoms with Gasteiger partial charge in [-0.25, -0.2) is 14.4 Å². The van der Waals surface area contributed by atoms with Crippen molar-refractivity contribution >= 4 is 0 Å². The fourth-order valence-electron chi connectivity index (χ4n) is 2.01. The Kier molecular flexibility index (Phi) is 4.10. The van der Waals surface area contributed by atoms with Gasteiger partial charge in [0.1, 0.15) is 11.6 Å². The summed E-state index contributed by atoms with van der Waals surface area (Å²) in [6, 6.07) is 4.63. The predicted molar refractivity (Wildman–Crippen MR) is 72.3 cm³/mol. The molecule has 0 saturated heterocycles. The number of halogens is 1. The van der Waals surface area contributed by atoms with E-state index in [1.54, 1.807) is 25.6 Å². The molecule has 4 heteroatoms. The minimum absolute atomic E-state index is 0.306. The summed E-state index contributed by atoms with van der Waals surface area (Å²) in [5.74, 6) is 1.98. The van der Waals surface area contributed by atoms with E-state index in [1.165, 1.54) is 18.1 Å². The van der Waals surface area contributed by atoms with Crippen LogP contribution in [0.3, 0.4) is 0 Å². The van der Waals surface area contributed by atoms with E-state index in [4.69, 9.17) is 4.74 Å². The Hall–Kier alpha value is -1.97. The molecule has 1 aromatic carbocycles. The van der Waals surface area contributed by atoms with Crippen LogP contribution in [0.1, 0.15) is 19.4 Å². The maximum absolute atomic E-state index is 13.8. The third kappa shape index (κ3) is 3.08. The zero-order valence-corrected chi connectivity index (χ0v) is 11.3. The third-order valence-corrected chi connectivity index (χ3v) is 2.69. The normalized spacial score (nSPS) is 10.8. The molecule has 99 valence electrons. The van der Waals surface area contributed by atoms with Crippen LogP contribution in [0.25, 0.3) is 11.4 Å². The minimum atomic E-state index is -0.306. The lowest BCUT2D eigenvalue weighted by Crippen LogP contribution is -2.01. The average Bonchev–Trinajstić information content (AvgIpc) is 2.38. The molecule has 0 spiro atoms. The van der Waals surface area contributed by atoms with E-state index in [2.05, 4.69) is 9.97 Å². The highest BCUT2D eigenvalue weighted by atomic mass is 19.1. The van der Waals surface area contributed by atoms with Gasteiger partial charge in [0.25, 0.3) is 0 Å². The first-order valence-corrected chi connectivity index (χ1v) is 6.04. The number of ether oxygens (including phenoxy) is 1. The van der Waals surface area contributed by atoms with Crippen molar-refractivity contribution in [3.8, 4) is 17.1 Å². The zero-order chi connectivity index (χ0) is 13.8. The third-order valence-electron chi connectivity index (χ3n) is 2.69. The highest BCUT2D eigenvalue weighted by molar-refractivity contribution is 5.66. The van der Waals surface area contributed by atoms with Gasteiger partial charge in [-0.1, -0.05) is 13.8 Å². The van der Waals surface area contributed by atoms with Crippen LogP contribution in [0, 0.1) is 11.7 Å². The lowest BCUT2D eigenvalue weighted by Gasteiger charge is -2.14. The van der Waals surface area contributed by atoms with Gasteiger partial charge in [-0.05, 0) is 36.1 Å². The van der Waals surface area contributed by atoms with Gasteiger partial charge in [0.2, 0.25) is 0 Å². The summed E-state index contributed by atoms with van der Waals surface area (Å²) in [6.45, 7) is 4.01. The van der Waals surface area contributed by atoms with E-state index in [0.29, 0.717) is 23.6 Å². The van der Waals surface area contributed by atoms with Crippen molar-refractivity contribution < 1.29 is 9.13 Å². The topological polar surface area (TPSA) is 35.0 Å². The molecular formula is C15H16FN2O. The Balaban J connectivity index is 2.57. The molecule has 2 aromatic rings. The molecule has 0 bridgehead atoms. The monoisotopic (exact) mass is 259 g/mol. The summed E-state index contributed by atoms with van der Waals surface area (Å²) in [4.78, 5) is 8.31. The van der Waals surface area contributed by atoms with Crippen molar-refractivity contribution in [2.24, 2.45) is 0 Å². The van der Waals surface area contributed by atoms with E-state index < -0.39 is 0 Å². The van der Waals surface area contributed by atoms with Crippen molar-refractivity contribution in [3.63, 3.8) is 0 Å². The van der Waals surface area contributed by atoms with Gasteiger partial charge in [-0.3, -0.25) is 0 Å². The number of benzene rings is 1. The van der Waals surface area contributed by atoms with Crippen LogP contribution >= 0.6 is 0 Å². The number of methoxy groups -OCH3 is 1. The quantitative estimate of drug-likeness (QED) is 0.843. The zero-order valence-electron chi connectivity index (χ0n) is 11.3. The minimum Gasteiger partial charge on any atom is -0.496 e. The molecule has 0 N–H and O–H groups in total. The van der Waals surface area contributed by atoms with Crippen LogP contribution in [0.5, 0.6) is 5.75 Å². The molecule has 19 heavy (non-hydrogen) atoms. The largest absolute Gasteiger partial charge is 0.496 e. The Morgan fingerprint density at radius 1 is 1.21 bits per heavy atom. The highest BCUT2D eigenvalue weighted by Crippen LogP contribution is 2.33. The van der Waals surface area contributed by atoms with Gasteiger partial charge < -0.3 is 4.74 Å². The Morgan fingerprint density at radius 2 is 1.89 bits per heavy atom. The fraction of sp³-hybridized carbons (Fsp3) is 0.267. The van der Waals surface area contributed by atoms with Gasteiger partial charge in [-0.15, -0.1) is 0 Å². The second-order valence-corrected chi connectivity index (χ2v) is 4.60. The van der Waals surface area contributed by atoms with Gasteiger partial charge in [0.05, 0.1) is 12.7 Å². The van der Waals surface area contributed by atoms with Crippen LogP contribution in [-0.4, -0.2) is 17.1 Å². The van der Waals surface area contributed by atoms with Crippen LogP contribution in [-0.2, 0) is 6.42 Å². The molecule has 0 amide bonds. The SMILES string of the molecule is COc1c(C[C](C)C)cc(F)cc1-c1ncccn1. The van der Waals surface area contributed by atoms with Crippen LogP contribution in [0.4, 0.5) is 4.39 Å². The Morgan fingerprint density at radius 3 is 2.47 bits per heavy atom. The lowest BCUT2D eigenvalue weighted by atomic mass is 9.99. The molecule has 0 aliphatic rings. The summed E-state index contributed by atoms with van der Waals surface area (Å²) in [6.07, 6.45) is 3.92. The first kappa shape index (κ1) is 13.5. The molecule has 0 aliphatic heterocycles. The summed E-state index contributed by atoms with van der Waals surface area (Å²) < 4.78 is 19.2. The smallest absolute Gasteiger partial charge is 0.162 e. The Bertz CT molecular complexity index is 556. The van der Waals surface area contributed by atoms with Crippen LogP contribution in [0.15, 0.2) is 30.6 Å². The molecule has 0 fully saturated rings. The van der Waals surface area contributed by atoms with Gasteiger partial charge in [0.15, 0.2) is 5.82 Å². The number of hydrogen-bond donors (Lipinski definition) is 0. The molecule has 1 radical (unpaired) electrons. The molecule has 1 heterocycles.